The van der Waals surface area contributed by atoms with Crippen LogP contribution in [0.3, 0.4) is 0 Å². The Balaban J connectivity index is 2.04. The zero-order chi connectivity index (χ0) is 21.6. The topological polar surface area (TPSA) is 32.3 Å². The van der Waals surface area contributed by atoms with Crippen LogP contribution >= 0.6 is 23.2 Å². The van der Waals surface area contributed by atoms with E-state index in [-0.39, 0.29) is 5.02 Å². The van der Waals surface area contributed by atoms with Gasteiger partial charge in [-0.3, -0.25) is 9.69 Å². The molecule has 0 radical (unpaired) electrons. The summed E-state index contributed by atoms with van der Waals surface area (Å²) in [6.07, 6.45) is -1.92. The Bertz CT molecular complexity index is 894. The Kier molecular flexibility index (Phi) is 8.14. The van der Waals surface area contributed by atoms with Gasteiger partial charge in [0.25, 0.3) is 0 Å². The molecule has 0 bridgehead atoms. The van der Waals surface area contributed by atoms with Crippen molar-refractivity contribution in [2.24, 2.45) is 0 Å². The normalized spacial score (nSPS) is 12.0. The monoisotopic (exact) mass is 444 g/mol. The van der Waals surface area contributed by atoms with Crippen LogP contribution < -0.4 is 5.32 Å². The second kappa shape index (κ2) is 10.1. The Hall–Kier alpha value is -2.02. The zero-order valence-electron chi connectivity index (χ0n) is 16.0. The summed E-state index contributed by atoms with van der Waals surface area (Å²) in [5, 5.41) is 3.13. The first-order valence-corrected chi connectivity index (χ1v) is 9.76. The molecule has 0 aliphatic heterocycles. The Morgan fingerprint density at radius 2 is 1.76 bits per heavy atom. The minimum Gasteiger partial charge on any atom is -0.322 e. The third-order valence-electron chi connectivity index (χ3n) is 4.35. The van der Waals surface area contributed by atoms with Crippen LogP contribution in [0.15, 0.2) is 42.5 Å². The average molecular weight is 445 g/mol. The molecule has 0 aliphatic carbocycles. The second-order valence-electron chi connectivity index (χ2n) is 6.32. The molecular formula is C21H21Cl2F3N2O. The zero-order valence-corrected chi connectivity index (χ0v) is 17.5. The second-order valence-corrected chi connectivity index (χ2v) is 7.14. The molecule has 8 heteroatoms. The van der Waals surface area contributed by atoms with Gasteiger partial charge in [0, 0.05) is 28.4 Å². The minimum atomic E-state index is -4.47. The summed E-state index contributed by atoms with van der Waals surface area (Å²) in [5.74, 6) is -0.450. The average Bonchev–Trinajstić information content (AvgIpc) is 2.65. The predicted molar refractivity (Wildman–Crippen MR) is 112 cm³/mol. The van der Waals surface area contributed by atoms with E-state index in [1.165, 1.54) is 18.2 Å². The molecule has 0 unspecified atom stereocenters. The number of alkyl halides is 3. The highest BCUT2D eigenvalue weighted by Gasteiger charge is 2.30. The van der Waals surface area contributed by atoms with E-state index in [2.05, 4.69) is 24.1 Å². The smallest absolute Gasteiger partial charge is 0.322 e. The summed E-state index contributed by atoms with van der Waals surface area (Å²) in [4.78, 5) is 14.3. The first kappa shape index (κ1) is 23.3. The molecule has 0 aromatic heterocycles. The maximum atomic E-state index is 12.7. The Labute approximate surface area is 178 Å². The predicted octanol–water partition coefficient (Wildman–Crippen LogP) is 6.51. The van der Waals surface area contributed by atoms with Gasteiger partial charge in [0.2, 0.25) is 5.91 Å². The van der Waals surface area contributed by atoms with E-state index in [1.54, 1.807) is 12.1 Å². The molecule has 2 aromatic carbocycles. The number of nitrogens with zero attached hydrogens (tertiary/aromatic N) is 1. The van der Waals surface area contributed by atoms with Gasteiger partial charge in [-0.05, 0) is 54.6 Å². The van der Waals surface area contributed by atoms with Gasteiger partial charge in [0.1, 0.15) is 0 Å². The lowest BCUT2D eigenvalue weighted by molar-refractivity contribution is -0.137. The number of amides is 1. The van der Waals surface area contributed by atoms with Gasteiger partial charge in [-0.25, -0.2) is 0 Å². The van der Waals surface area contributed by atoms with Gasteiger partial charge in [-0.15, -0.1) is 0 Å². The molecule has 1 amide bonds. The van der Waals surface area contributed by atoms with E-state index in [4.69, 9.17) is 23.2 Å². The quantitative estimate of drug-likeness (QED) is 0.493. The summed E-state index contributed by atoms with van der Waals surface area (Å²) in [5.41, 5.74) is 0.942. The van der Waals surface area contributed by atoms with Crippen molar-refractivity contribution in [1.82, 2.24) is 4.90 Å². The SMILES string of the molecule is CCN(CC)Cc1ccc(NC(=O)C=Cc2ccc(C(F)(F)F)cc2Cl)cc1Cl. The van der Waals surface area contributed by atoms with Crippen LogP contribution in [-0.4, -0.2) is 23.9 Å². The number of anilines is 1. The first-order chi connectivity index (χ1) is 13.6. The van der Waals surface area contributed by atoms with Crippen LogP contribution in [0.4, 0.5) is 18.9 Å². The molecule has 29 heavy (non-hydrogen) atoms. The molecule has 0 saturated carbocycles. The fourth-order valence-electron chi connectivity index (χ4n) is 2.63. The van der Waals surface area contributed by atoms with Gasteiger partial charge < -0.3 is 5.32 Å². The van der Waals surface area contributed by atoms with Crippen molar-refractivity contribution in [2.45, 2.75) is 26.6 Å². The summed E-state index contributed by atoms with van der Waals surface area (Å²) in [6.45, 7) is 6.67. The molecule has 0 saturated heterocycles. The summed E-state index contributed by atoms with van der Waals surface area (Å²) in [6, 6.07) is 8.23. The van der Waals surface area contributed by atoms with Gasteiger partial charge in [0.15, 0.2) is 0 Å². The molecular weight excluding hydrogens is 424 g/mol. The number of carbonyl (C=O) groups excluding carboxylic acids is 1. The standard InChI is InChI=1S/C21H21Cl2F3N2O/c1-3-28(4-2)13-15-6-9-17(12-19(15)23)27-20(29)10-7-14-5-8-16(11-18(14)22)21(24,25)26/h5-12H,3-4,13H2,1-2H3,(H,27,29). The van der Waals surface area contributed by atoms with Crippen LogP contribution in [0.1, 0.15) is 30.5 Å². The van der Waals surface area contributed by atoms with Crippen LogP contribution in [0, 0.1) is 0 Å². The van der Waals surface area contributed by atoms with Crippen molar-refractivity contribution < 1.29 is 18.0 Å². The molecule has 0 heterocycles. The number of rotatable bonds is 7. The van der Waals surface area contributed by atoms with Gasteiger partial charge >= 0.3 is 6.18 Å². The van der Waals surface area contributed by atoms with Gasteiger partial charge in [0.05, 0.1) is 5.56 Å². The third kappa shape index (κ3) is 6.77. The molecule has 3 nitrogen and oxygen atoms in total. The molecule has 0 atom stereocenters. The number of hydrogen-bond acceptors (Lipinski definition) is 2. The lowest BCUT2D eigenvalue weighted by atomic mass is 10.1. The van der Waals surface area contributed by atoms with Crippen molar-refractivity contribution in [3.05, 3.63) is 69.2 Å². The van der Waals surface area contributed by atoms with Crippen molar-refractivity contribution >= 4 is 40.9 Å². The van der Waals surface area contributed by atoms with Crippen molar-refractivity contribution in [3.8, 4) is 0 Å². The lowest BCUT2D eigenvalue weighted by Gasteiger charge is -2.19. The molecule has 1 N–H and O–H groups in total. The number of hydrogen-bond donors (Lipinski definition) is 1. The van der Waals surface area contributed by atoms with E-state index >= 15 is 0 Å². The fourth-order valence-corrected chi connectivity index (χ4v) is 3.11. The summed E-state index contributed by atoms with van der Waals surface area (Å²) in [7, 11) is 0. The Morgan fingerprint density at radius 3 is 2.31 bits per heavy atom. The third-order valence-corrected chi connectivity index (χ3v) is 5.03. The fraction of sp³-hybridized carbons (Fsp3) is 0.286. The molecule has 2 rings (SSSR count). The largest absolute Gasteiger partial charge is 0.416 e. The Morgan fingerprint density at radius 1 is 1.07 bits per heavy atom. The number of carbonyl (C=O) groups is 1. The molecule has 2 aromatic rings. The number of nitrogens with one attached hydrogen (secondary N) is 1. The maximum Gasteiger partial charge on any atom is 0.416 e. The minimum absolute atomic E-state index is 0.0901. The van der Waals surface area contributed by atoms with Crippen LogP contribution in [0.2, 0.25) is 10.0 Å². The van der Waals surface area contributed by atoms with E-state index < -0.39 is 17.6 Å². The molecule has 0 spiro atoms. The number of halogens is 5. The van der Waals surface area contributed by atoms with E-state index in [9.17, 15) is 18.0 Å². The van der Waals surface area contributed by atoms with E-state index in [0.717, 1.165) is 30.8 Å². The van der Waals surface area contributed by atoms with Gasteiger partial charge in [-0.1, -0.05) is 49.2 Å². The highest BCUT2D eigenvalue weighted by molar-refractivity contribution is 6.32. The van der Waals surface area contributed by atoms with Crippen LogP contribution in [-0.2, 0) is 17.5 Å². The molecule has 156 valence electrons. The van der Waals surface area contributed by atoms with Crippen molar-refractivity contribution in [1.29, 1.82) is 0 Å². The summed E-state index contributed by atoms with van der Waals surface area (Å²) >= 11 is 12.2. The van der Waals surface area contributed by atoms with Crippen LogP contribution in [0.5, 0.6) is 0 Å². The molecule has 0 fully saturated rings. The van der Waals surface area contributed by atoms with Crippen LogP contribution in [0.25, 0.3) is 6.08 Å². The number of benzene rings is 2. The highest BCUT2D eigenvalue weighted by atomic mass is 35.5. The summed E-state index contributed by atoms with van der Waals surface area (Å²) < 4.78 is 38.0. The van der Waals surface area contributed by atoms with E-state index in [0.29, 0.717) is 22.8 Å². The van der Waals surface area contributed by atoms with Crippen molar-refractivity contribution in [3.63, 3.8) is 0 Å². The molecule has 0 aliphatic rings. The highest BCUT2D eigenvalue weighted by Crippen LogP contribution is 2.32. The lowest BCUT2D eigenvalue weighted by Crippen LogP contribution is -2.22. The maximum absolute atomic E-state index is 12.7. The van der Waals surface area contributed by atoms with Gasteiger partial charge in [-0.2, -0.15) is 13.2 Å². The first-order valence-electron chi connectivity index (χ1n) is 9.00. The van der Waals surface area contributed by atoms with Crippen molar-refractivity contribution in [2.75, 3.05) is 18.4 Å². The van der Waals surface area contributed by atoms with E-state index in [1.807, 2.05) is 6.07 Å².